The van der Waals surface area contributed by atoms with Crippen molar-refractivity contribution in [3.8, 4) is 0 Å². The smallest absolute Gasteiger partial charge is 0.431 e. The van der Waals surface area contributed by atoms with Crippen molar-refractivity contribution in [1.82, 2.24) is 4.90 Å². The van der Waals surface area contributed by atoms with Gasteiger partial charge in [-0.15, -0.1) is 0 Å². The van der Waals surface area contributed by atoms with Crippen LogP contribution in [0.1, 0.15) is 27.7 Å². The minimum atomic E-state index is -4.50. The minimum absolute atomic E-state index is 0.0436. The van der Waals surface area contributed by atoms with Gasteiger partial charge in [0.2, 0.25) is 0 Å². The number of aliphatic carboxylic acids is 1. The average Bonchev–Trinajstić information content (AvgIpc) is 2.12. The van der Waals surface area contributed by atoms with Crippen LogP contribution in [0.3, 0.4) is 0 Å². The number of nitrogens with zero attached hydrogens (tertiary/aromatic N) is 1. The number of carboxylic acids is 1. The molecule has 0 saturated carbocycles. The van der Waals surface area contributed by atoms with E-state index in [2.05, 4.69) is 0 Å². The average molecular weight is 263 g/mol. The maximum atomic E-state index is 12.9. The molecule has 102 valence electrons. The number of rotatable bonds is 1. The molecular formula is C12H16F3NO2. The van der Waals surface area contributed by atoms with Crippen LogP contribution in [0.4, 0.5) is 13.2 Å². The first kappa shape index (κ1) is 14.6. The zero-order valence-electron chi connectivity index (χ0n) is 10.7. The van der Waals surface area contributed by atoms with Gasteiger partial charge in [-0.1, -0.05) is 0 Å². The first-order valence-corrected chi connectivity index (χ1v) is 5.48. The normalized spacial score (nSPS) is 21.5. The number of alkyl halides is 3. The van der Waals surface area contributed by atoms with Crippen molar-refractivity contribution in [3.63, 3.8) is 0 Å². The quantitative estimate of drug-likeness (QED) is 0.790. The Bertz CT molecular complexity index is 416. The van der Waals surface area contributed by atoms with E-state index in [0.29, 0.717) is 0 Å². The van der Waals surface area contributed by atoms with Crippen molar-refractivity contribution in [2.45, 2.75) is 45.5 Å². The molecule has 0 aliphatic carbocycles. The fourth-order valence-electron chi connectivity index (χ4n) is 2.16. The third kappa shape index (κ3) is 2.68. The van der Waals surface area contributed by atoms with Gasteiger partial charge in [-0.2, -0.15) is 13.2 Å². The Morgan fingerprint density at radius 3 is 2.11 bits per heavy atom. The number of allylic oxidation sites excluding steroid dienone is 3. The molecule has 1 unspecified atom stereocenters. The van der Waals surface area contributed by atoms with Gasteiger partial charge >= 0.3 is 12.1 Å². The highest BCUT2D eigenvalue weighted by atomic mass is 19.4. The molecule has 0 bridgehead atoms. The van der Waals surface area contributed by atoms with Crippen LogP contribution in [-0.4, -0.2) is 33.7 Å². The highest BCUT2D eigenvalue weighted by molar-refractivity contribution is 5.88. The predicted octanol–water partition coefficient (Wildman–Crippen LogP) is 2.95. The summed E-state index contributed by atoms with van der Waals surface area (Å²) in [4.78, 5) is 12.1. The second kappa shape index (κ2) is 4.33. The summed E-state index contributed by atoms with van der Waals surface area (Å²) in [5.41, 5.74) is -1.68. The van der Waals surface area contributed by atoms with Crippen LogP contribution in [0, 0.1) is 0 Å². The van der Waals surface area contributed by atoms with E-state index in [9.17, 15) is 18.0 Å². The van der Waals surface area contributed by atoms with Gasteiger partial charge in [0.1, 0.15) is 5.70 Å². The van der Waals surface area contributed by atoms with E-state index in [-0.39, 0.29) is 5.57 Å². The molecule has 0 amide bonds. The molecule has 1 heterocycles. The summed E-state index contributed by atoms with van der Waals surface area (Å²) in [5.74, 6) is -1.20. The molecule has 3 nitrogen and oxygen atoms in total. The van der Waals surface area contributed by atoms with E-state index in [4.69, 9.17) is 5.11 Å². The molecule has 0 fully saturated rings. The molecule has 6 heteroatoms. The Balaban J connectivity index is 3.34. The lowest BCUT2D eigenvalue weighted by atomic mass is 9.94. The Kier molecular flexibility index (Phi) is 3.51. The van der Waals surface area contributed by atoms with Gasteiger partial charge in [-0.25, -0.2) is 4.79 Å². The van der Waals surface area contributed by atoms with Crippen molar-refractivity contribution in [1.29, 1.82) is 0 Å². The van der Waals surface area contributed by atoms with Gasteiger partial charge in [-0.3, -0.25) is 0 Å². The van der Waals surface area contributed by atoms with E-state index in [1.807, 2.05) is 0 Å². The highest BCUT2D eigenvalue weighted by Crippen LogP contribution is 2.38. The summed E-state index contributed by atoms with van der Waals surface area (Å²) in [7, 11) is 0. The van der Waals surface area contributed by atoms with E-state index in [1.54, 1.807) is 20.8 Å². The number of halogens is 3. The number of carbonyl (C=O) groups is 1. The van der Waals surface area contributed by atoms with Crippen LogP contribution in [-0.2, 0) is 4.79 Å². The molecule has 1 aliphatic rings. The summed E-state index contributed by atoms with van der Waals surface area (Å²) >= 11 is 0. The van der Waals surface area contributed by atoms with Crippen LogP contribution in [0.25, 0.3) is 0 Å². The number of hydrogen-bond acceptors (Lipinski definition) is 2. The molecule has 1 atom stereocenters. The zero-order chi connectivity index (χ0) is 14.3. The number of carboxylic acid groups (broad SMARTS) is 1. The Hall–Kier alpha value is -1.46. The van der Waals surface area contributed by atoms with Gasteiger partial charge in [0.15, 0.2) is 0 Å². The fourth-order valence-corrected chi connectivity index (χ4v) is 2.16. The van der Waals surface area contributed by atoms with E-state index >= 15 is 0 Å². The summed E-state index contributed by atoms with van der Waals surface area (Å²) in [6, 6.07) is -0.830. The van der Waals surface area contributed by atoms with Crippen LogP contribution < -0.4 is 0 Å². The second-order valence-corrected chi connectivity index (χ2v) is 5.19. The summed E-state index contributed by atoms with van der Waals surface area (Å²) < 4.78 is 38.8. The molecule has 1 N–H and O–H groups in total. The lowest BCUT2D eigenvalue weighted by Gasteiger charge is -2.45. The largest absolute Gasteiger partial charge is 0.478 e. The SMILES string of the molecule is CC1C(C(=O)O)=CC=C(C(F)(F)F)N1C(C)(C)C. The highest BCUT2D eigenvalue weighted by Gasteiger charge is 2.45. The Morgan fingerprint density at radius 2 is 1.78 bits per heavy atom. The molecule has 0 radical (unpaired) electrons. The molecule has 0 aromatic heterocycles. The van der Waals surface area contributed by atoms with Crippen molar-refractivity contribution >= 4 is 5.97 Å². The van der Waals surface area contributed by atoms with Gasteiger partial charge in [0, 0.05) is 5.54 Å². The fraction of sp³-hybridized carbons (Fsp3) is 0.583. The maximum Gasteiger partial charge on any atom is 0.431 e. The van der Waals surface area contributed by atoms with Gasteiger partial charge in [0.05, 0.1) is 11.6 Å². The van der Waals surface area contributed by atoms with Crippen LogP contribution in [0.5, 0.6) is 0 Å². The standard InChI is InChI=1S/C12H16F3NO2/c1-7-8(10(17)18)5-6-9(12(13,14)15)16(7)11(2,3)4/h5-7H,1-4H3,(H,17,18). The lowest BCUT2D eigenvalue weighted by molar-refractivity contribution is -0.136. The summed E-state index contributed by atoms with van der Waals surface area (Å²) in [6.45, 7) is 6.32. The summed E-state index contributed by atoms with van der Waals surface area (Å²) in [5, 5.41) is 8.98. The molecule has 1 rings (SSSR count). The van der Waals surface area contributed by atoms with Crippen LogP contribution in [0.15, 0.2) is 23.4 Å². The summed E-state index contributed by atoms with van der Waals surface area (Å²) in [6.07, 6.45) is -2.64. The van der Waals surface area contributed by atoms with Crippen molar-refractivity contribution in [3.05, 3.63) is 23.4 Å². The van der Waals surface area contributed by atoms with Crippen molar-refractivity contribution < 1.29 is 23.1 Å². The van der Waals surface area contributed by atoms with E-state index in [0.717, 1.165) is 17.1 Å². The van der Waals surface area contributed by atoms with Crippen molar-refractivity contribution in [2.75, 3.05) is 0 Å². The molecule has 0 spiro atoms. The Labute approximate surface area is 104 Å². The molecule has 0 saturated heterocycles. The minimum Gasteiger partial charge on any atom is -0.478 e. The molecule has 0 aromatic rings. The first-order valence-electron chi connectivity index (χ1n) is 5.48. The van der Waals surface area contributed by atoms with Gasteiger partial charge < -0.3 is 10.0 Å². The lowest BCUT2D eigenvalue weighted by Crippen LogP contribution is -2.52. The van der Waals surface area contributed by atoms with Gasteiger partial charge in [0.25, 0.3) is 0 Å². The molecule has 1 aliphatic heterocycles. The van der Waals surface area contributed by atoms with E-state index < -0.39 is 29.4 Å². The molecule has 0 aromatic carbocycles. The predicted molar refractivity (Wildman–Crippen MR) is 60.9 cm³/mol. The third-order valence-corrected chi connectivity index (χ3v) is 2.78. The first-order chi connectivity index (χ1) is 7.96. The molecular weight excluding hydrogens is 247 g/mol. The van der Waals surface area contributed by atoms with Crippen LogP contribution in [0.2, 0.25) is 0 Å². The maximum absolute atomic E-state index is 12.9. The monoisotopic (exact) mass is 263 g/mol. The van der Waals surface area contributed by atoms with Crippen LogP contribution >= 0.6 is 0 Å². The second-order valence-electron chi connectivity index (χ2n) is 5.19. The zero-order valence-corrected chi connectivity index (χ0v) is 10.7. The Morgan fingerprint density at radius 1 is 1.28 bits per heavy atom. The number of hydrogen-bond donors (Lipinski definition) is 1. The molecule has 18 heavy (non-hydrogen) atoms. The van der Waals surface area contributed by atoms with Crippen molar-refractivity contribution in [2.24, 2.45) is 0 Å². The third-order valence-electron chi connectivity index (χ3n) is 2.78. The van der Waals surface area contributed by atoms with E-state index in [1.165, 1.54) is 6.92 Å². The topological polar surface area (TPSA) is 40.5 Å². The van der Waals surface area contributed by atoms with Gasteiger partial charge in [-0.05, 0) is 39.8 Å².